The van der Waals surface area contributed by atoms with Gasteiger partial charge in [0.1, 0.15) is 0 Å². The van der Waals surface area contributed by atoms with Crippen molar-refractivity contribution in [2.45, 2.75) is 57.7 Å². The number of likely N-dealkylation sites (tertiary alicyclic amines) is 1. The van der Waals surface area contributed by atoms with Gasteiger partial charge in [-0.25, -0.2) is 0 Å². The minimum Gasteiger partial charge on any atom is -0.342 e. The molecule has 0 spiro atoms. The van der Waals surface area contributed by atoms with Crippen LogP contribution in [0.1, 0.15) is 52.4 Å². The van der Waals surface area contributed by atoms with E-state index in [2.05, 4.69) is 13.8 Å². The average molecular weight is 246 g/mol. The topological polar surface area (TPSA) is 20.3 Å². The van der Waals surface area contributed by atoms with Crippen LogP contribution in [0.15, 0.2) is 0 Å². The standard InChI is InChI=1S/C13H24ClNO/c1-3-4-5-6-7-13(16)15-9-8-12(14)11(2)10-15/h11-12H,3-10H2,1-2H3. The van der Waals surface area contributed by atoms with Crippen LogP contribution >= 0.6 is 11.6 Å². The Bertz CT molecular complexity index is 220. The molecule has 0 aromatic carbocycles. The SMILES string of the molecule is CCCCCCC(=O)N1CCC(Cl)C(C)C1. The lowest BCUT2D eigenvalue weighted by molar-refractivity contribution is -0.132. The first-order valence-corrected chi connectivity index (χ1v) is 7.00. The highest BCUT2D eigenvalue weighted by molar-refractivity contribution is 6.20. The number of carbonyl (C=O) groups excluding carboxylic acids is 1. The molecule has 0 aromatic rings. The Morgan fingerprint density at radius 2 is 2.12 bits per heavy atom. The minimum atomic E-state index is 0.254. The largest absolute Gasteiger partial charge is 0.342 e. The van der Waals surface area contributed by atoms with Gasteiger partial charge < -0.3 is 4.90 Å². The predicted octanol–water partition coefficient (Wildman–Crippen LogP) is 3.43. The van der Waals surface area contributed by atoms with Crippen LogP contribution in [-0.4, -0.2) is 29.3 Å². The fourth-order valence-corrected chi connectivity index (χ4v) is 2.38. The van der Waals surface area contributed by atoms with E-state index in [0.717, 1.165) is 32.4 Å². The van der Waals surface area contributed by atoms with Crippen molar-refractivity contribution in [1.29, 1.82) is 0 Å². The summed E-state index contributed by atoms with van der Waals surface area (Å²) in [6.07, 6.45) is 6.37. The maximum atomic E-state index is 11.9. The van der Waals surface area contributed by atoms with Gasteiger partial charge in [0.2, 0.25) is 5.91 Å². The molecule has 1 fully saturated rings. The van der Waals surface area contributed by atoms with Gasteiger partial charge in [0.15, 0.2) is 0 Å². The molecule has 2 unspecified atom stereocenters. The number of piperidine rings is 1. The third-order valence-corrected chi connectivity index (χ3v) is 4.05. The molecule has 0 aliphatic carbocycles. The van der Waals surface area contributed by atoms with E-state index in [-0.39, 0.29) is 5.38 Å². The van der Waals surface area contributed by atoms with Gasteiger partial charge in [-0.2, -0.15) is 0 Å². The number of halogens is 1. The Kier molecular flexibility index (Phi) is 6.18. The van der Waals surface area contributed by atoms with Crippen LogP contribution in [0.5, 0.6) is 0 Å². The van der Waals surface area contributed by atoms with Crippen LogP contribution in [0.2, 0.25) is 0 Å². The molecule has 0 aromatic heterocycles. The zero-order chi connectivity index (χ0) is 12.0. The van der Waals surface area contributed by atoms with E-state index in [1.54, 1.807) is 0 Å². The Hall–Kier alpha value is -0.240. The van der Waals surface area contributed by atoms with Crippen molar-refractivity contribution < 1.29 is 4.79 Å². The maximum Gasteiger partial charge on any atom is 0.222 e. The van der Waals surface area contributed by atoms with Crippen LogP contribution in [0.25, 0.3) is 0 Å². The summed E-state index contributed by atoms with van der Waals surface area (Å²) in [5.41, 5.74) is 0. The van der Waals surface area contributed by atoms with Crippen LogP contribution in [0.3, 0.4) is 0 Å². The number of rotatable bonds is 5. The van der Waals surface area contributed by atoms with Crippen molar-refractivity contribution in [2.75, 3.05) is 13.1 Å². The normalized spacial score (nSPS) is 25.8. The molecule has 0 N–H and O–H groups in total. The lowest BCUT2D eigenvalue weighted by Gasteiger charge is -2.34. The number of alkyl halides is 1. The van der Waals surface area contributed by atoms with E-state index in [1.165, 1.54) is 19.3 Å². The molecule has 1 aliphatic heterocycles. The number of unbranched alkanes of at least 4 members (excludes halogenated alkanes) is 3. The van der Waals surface area contributed by atoms with Gasteiger partial charge in [0, 0.05) is 24.9 Å². The second kappa shape index (κ2) is 7.16. The van der Waals surface area contributed by atoms with Crippen LogP contribution < -0.4 is 0 Å². The van der Waals surface area contributed by atoms with E-state index in [4.69, 9.17) is 11.6 Å². The lowest BCUT2D eigenvalue weighted by Crippen LogP contribution is -2.43. The van der Waals surface area contributed by atoms with Gasteiger partial charge in [0.05, 0.1) is 0 Å². The Labute approximate surface area is 104 Å². The first-order chi connectivity index (χ1) is 7.65. The second-order valence-corrected chi connectivity index (χ2v) is 5.49. The second-order valence-electron chi connectivity index (χ2n) is 4.93. The molecule has 0 saturated carbocycles. The third kappa shape index (κ3) is 4.32. The first kappa shape index (κ1) is 13.8. The molecule has 0 bridgehead atoms. The molecule has 1 rings (SSSR count). The lowest BCUT2D eigenvalue weighted by atomic mass is 9.99. The summed E-state index contributed by atoms with van der Waals surface area (Å²) in [6.45, 7) is 6.02. The molecule has 94 valence electrons. The van der Waals surface area contributed by atoms with Crippen LogP contribution in [-0.2, 0) is 4.79 Å². The molecule has 2 nitrogen and oxygen atoms in total. The number of hydrogen-bond acceptors (Lipinski definition) is 1. The van der Waals surface area contributed by atoms with Gasteiger partial charge in [-0.3, -0.25) is 4.79 Å². The highest BCUT2D eigenvalue weighted by Crippen LogP contribution is 2.22. The highest BCUT2D eigenvalue weighted by atomic mass is 35.5. The van der Waals surface area contributed by atoms with Gasteiger partial charge >= 0.3 is 0 Å². The molecule has 0 radical (unpaired) electrons. The smallest absolute Gasteiger partial charge is 0.222 e. The summed E-state index contributed by atoms with van der Waals surface area (Å²) >= 11 is 6.14. The van der Waals surface area contributed by atoms with Crippen molar-refractivity contribution in [1.82, 2.24) is 4.90 Å². The maximum absolute atomic E-state index is 11.9. The Balaban J connectivity index is 2.21. The van der Waals surface area contributed by atoms with Crippen molar-refractivity contribution >= 4 is 17.5 Å². The Morgan fingerprint density at radius 1 is 1.38 bits per heavy atom. The number of hydrogen-bond donors (Lipinski definition) is 0. The van der Waals surface area contributed by atoms with E-state index >= 15 is 0 Å². The highest BCUT2D eigenvalue weighted by Gasteiger charge is 2.26. The van der Waals surface area contributed by atoms with Gasteiger partial charge in [-0.05, 0) is 18.8 Å². The van der Waals surface area contributed by atoms with Crippen molar-refractivity contribution in [3.8, 4) is 0 Å². The van der Waals surface area contributed by atoms with Gasteiger partial charge in [-0.1, -0.05) is 33.1 Å². The molecule has 1 heterocycles. The Morgan fingerprint density at radius 3 is 2.75 bits per heavy atom. The van der Waals surface area contributed by atoms with E-state index in [9.17, 15) is 4.79 Å². The van der Waals surface area contributed by atoms with Crippen molar-refractivity contribution in [3.63, 3.8) is 0 Å². The summed E-state index contributed by atoms with van der Waals surface area (Å²) < 4.78 is 0. The van der Waals surface area contributed by atoms with Crippen molar-refractivity contribution in [2.24, 2.45) is 5.92 Å². The third-order valence-electron chi connectivity index (χ3n) is 3.40. The summed E-state index contributed by atoms with van der Waals surface area (Å²) in [5, 5.41) is 0.254. The average Bonchev–Trinajstić information content (AvgIpc) is 2.28. The summed E-state index contributed by atoms with van der Waals surface area (Å²) in [7, 11) is 0. The molecule has 1 amide bonds. The van der Waals surface area contributed by atoms with E-state index in [0.29, 0.717) is 11.8 Å². The van der Waals surface area contributed by atoms with E-state index in [1.807, 2.05) is 4.90 Å². The fourth-order valence-electron chi connectivity index (χ4n) is 2.20. The molecule has 3 heteroatoms. The van der Waals surface area contributed by atoms with Crippen molar-refractivity contribution in [3.05, 3.63) is 0 Å². The number of nitrogens with zero attached hydrogens (tertiary/aromatic N) is 1. The molecule has 16 heavy (non-hydrogen) atoms. The molecular formula is C13H24ClNO. The van der Waals surface area contributed by atoms with Crippen LogP contribution in [0, 0.1) is 5.92 Å². The van der Waals surface area contributed by atoms with Crippen LogP contribution in [0.4, 0.5) is 0 Å². The first-order valence-electron chi connectivity index (χ1n) is 6.57. The molecule has 2 atom stereocenters. The quantitative estimate of drug-likeness (QED) is 0.537. The monoisotopic (exact) mass is 245 g/mol. The molecule has 1 saturated heterocycles. The summed E-state index contributed by atoms with van der Waals surface area (Å²) in [5.74, 6) is 0.765. The van der Waals surface area contributed by atoms with Gasteiger partial charge in [-0.15, -0.1) is 11.6 Å². The molecule has 1 aliphatic rings. The molecular weight excluding hydrogens is 222 g/mol. The summed E-state index contributed by atoms with van der Waals surface area (Å²) in [4.78, 5) is 13.9. The minimum absolute atomic E-state index is 0.254. The van der Waals surface area contributed by atoms with Gasteiger partial charge in [0.25, 0.3) is 0 Å². The zero-order valence-corrected chi connectivity index (χ0v) is 11.3. The zero-order valence-electron chi connectivity index (χ0n) is 10.5. The summed E-state index contributed by atoms with van der Waals surface area (Å²) in [6, 6.07) is 0. The van der Waals surface area contributed by atoms with E-state index < -0.39 is 0 Å². The fraction of sp³-hybridized carbons (Fsp3) is 0.923. The predicted molar refractivity (Wildman–Crippen MR) is 68.8 cm³/mol. The number of amides is 1. The number of carbonyl (C=O) groups is 1.